The van der Waals surface area contributed by atoms with Crippen molar-refractivity contribution in [3.05, 3.63) is 20.2 Å². The molecule has 2 nitrogen and oxygen atoms in total. The molecule has 0 unspecified atom stereocenters. The second-order valence-electron chi connectivity index (χ2n) is 1.79. The summed E-state index contributed by atoms with van der Waals surface area (Å²) in [5.74, 6) is 0. The van der Waals surface area contributed by atoms with Crippen LogP contribution in [0.15, 0.2) is 0 Å². The van der Waals surface area contributed by atoms with Crippen LogP contribution in [0.5, 0.6) is 0 Å². The normalized spacial score (nSPS) is 10.1. The Morgan fingerprint density at radius 3 is 2.22 bits per heavy atom. The van der Waals surface area contributed by atoms with E-state index in [4.69, 9.17) is 11.6 Å². The lowest BCUT2D eigenvalue weighted by atomic mass is 10.4. The lowest BCUT2D eigenvalue weighted by molar-refractivity contribution is -0.604. The SMILES string of the molecule is Cc1sc(Cl)[n+]([O-])c1C. The van der Waals surface area contributed by atoms with E-state index in [0.29, 0.717) is 10.2 Å². The Bertz CT molecular complexity index is 211. The summed E-state index contributed by atoms with van der Waals surface area (Å²) in [7, 11) is 0. The highest BCUT2D eigenvalue weighted by Gasteiger charge is 2.12. The van der Waals surface area contributed by atoms with Crippen LogP contribution in [0.2, 0.25) is 4.47 Å². The third kappa shape index (κ3) is 1.02. The maximum atomic E-state index is 10.8. The number of aryl methyl sites for hydroxylation is 1. The van der Waals surface area contributed by atoms with Crippen molar-refractivity contribution in [2.45, 2.75) is 13.8 Å². The predicted octanol–water partition coefficient (Wildman–Crippen LogP) is 1.65. The van der Waals surface area contributed by atoms with Gasteiger partial charge in [-0.1, -0.05) is 11.3 Å². The van der Waals surface area contributed by atoms with Crippen molar-refractivity contribution < 1.29 is 4.73 Å². The number of nitrogens with zero attached hydrogens (tertiary/aromatic N) is 1. The van der Waals surface area contributed by atoms with E-state index < -0.39 is 0 Å². The van der Waals surface area contributed by atoms with E-state index in [2.05, 4.69) is 0 Å². The first-order chi connectivity index (χ1) is 4.13. The van der Waals surface area contributed by atoms with Gasteiger partial charge < -0.3 is 5.21 Å². The summed E-state index contributed by atoms with van der Waals surface area (Å²) in [4.78, 5) is 0.981. The summed E-state index contributed by atoms with van der Waals surface area (Å²) in [6.45, 7) is 3.63. The molecule has 0 spiro atoms. The topological polar surface area (TPSA) is 26.9 Å². The monoisotopic (exact) mass is 163 g/mol. The lowest BCUT2D eigenvalue weighted by Gasteiger charge is -1.90. The van der Waals surface area contributed by atoms with Gasteiger partial charge in [0.15, 0.2) is 0 Å². The molecule has 1 aromatic rings. The Labute approximate surface area is 62.3 Å². The van der Waals surface area contributed by atoms with Gasteiger partial charge >= 0.3 is 4.47 Å². The lowest BCUT2D eigenvalue weighted by Crippen LogP contribution is -2.27. The molecule has 0 bridgehead atoms. The zero-order chi connectivity index (χ0) is 7.02. The molecule has 4 heteroatoms. The highest BCUT2D eigenvalue weighted by Crippen LogP contribution is 2.17. The Morgan fingerprint density at radius 1 is 1.56 bits per heavy atom. The largest absolute Gasteiger partial charge is 0.617 e. The van der Waals surface area contributed by atoms with Crippen LogP contribution in [-0.4, -0.2) is 0 Å². The Balaban J connectivity index is 3.29. The molecule has 0 N–H and O–H groups in total. The molecular formula is C5H6ClNOS. The molecule has 50 valence electrons. The van der Waals surface area contributed by atoms with Crippen molar-refractivity contribution >= 4 is 22.9 Å². The van der Waals surface area contributed by atoms with E-state index in [1.54, 1.807) is 6.92 Å². The first kappa shape index (κ1) is 6.83. The fourth-order valence-corrected chi connectivity index (χ4v) is 1.69. The van der Waals surface area contributed by atoms with E-state index in [1.165, 1.54) is 11.3 Å². The van der Waals surface area contributed by atoms with Crippen LogP contribution in [0.1, 0.15) is 10.6 Å². The molecule has 0 aliphatic heterocycles. The van der Waals surface area contributed by atoms with Crippen LogP contribution in [0.4, 0.5) is 0 Å². The highest BCUT2D eigenvalue weighted by atomic mass is 35.5. The van der Waals surface area contributed by atoms with Crippen LogP contribution in [-0.2, 0) is 0 Å². The standard InChI is InChI=1S/C5H6ClNOS/c1-3-4(2)9-5(6)7(3)8/h1-2H3. The smallest absolute Gasteiger partial charge is 0.345 e. The molecule has 0 amide bonds. The van der Waals surface area contributed by atoms with Crippen LogP contribution < -0.4 is 4.73 Å². The maximum Gasteiger partial charge on any atom is 0.345 e. The van der Waals surface area contributed by atoms with Crippen molar-refractivity contribution in [2.24, 2.45) is 0 Å². The molecule has 0 fully saturated rings. The number of aromatic nitrogens is 1. The molecule has 0 saturated carbocycles. The highest BCUT2D eigenvalue weighted by molar-refractivity contribution is 7.15. The Kier molecular flexibility index (Phi) is 1.64. The van der Waals surface area contributed by atoms with Gasteiger partial charge in [-0.05, 0) is 6.92 Å². The fourth-order valence-electron chi connectivity index (χ4n) is 0.516. The van der Waals surface area contributed by atoms with Gasteiger partial charge in [-0.25, -0.2) is 0 Å². The number of rotatable bonds is 0. The van der Waals surface area contributed by atoms with Gasteiger partial charge in [0.25, 0.3) is 0 Å². The number of hydrogen-bond donors (Lipinski definition) is 0. The molecule has 0 aliphatic rings. The van der Waals surface area contributed by atoms with Crippen LogP contribution in [0.3, 0.4) is 0 Å². The molecule has 0 aromatic carbocycles. The average Bonchev–Trinajstić information content (AvgIpc) is 1.98. The molecule has 0 saturated heterocycles. The number of thiazole rings is 1. The summed E-state index contributed by atoms with van der Waals surface area (Å²) < 4.78 is 1.03. The number of hydrogen-bond acceptors (Lipinski definition) is 2. The minimum Gasteiger partial charge on any atom is -0.617 e. The van der Waals surface area contributed by atoms with Crippen LogP contribution in [0, 0.1) is 19.1 Å². The predicted molar refractivity (Wildman–Crippen MR) is 37.8 cm³/mol. The van der Waals surface area contributed by atoms with Gasteiger partial charge in [0, 0.05) is 18.5 Å². The van der Waals surface area contributed by atoms with E-state index in [1.807, 2.05) is 6.92 Å². The van der Waals surface area contributed by atoms with Gasteiger partial charge in [0.05, 0.1) is 4.88 Å². The van der Waals surface area contributed by atoms with E-state index in [-0.39, 0.29) is 0 Å². The van der Waals surface area contributed by atoms with Crippen molar-refractivity contribution in [2.75, 3.05) is 0 Å². The summed E-state index contributed by atoms with van der Waals surface area (Å²) in [5.41, 5.74) is 0.699. The first-order valence-corrected chi connectivity index (χ1v) is 3.67. The summed E-state index contributed by atoms with van der Waals surface area (Å²) in [5, 5.41) is 10.8. The Hall–Kier alpha value is -0.280. The summed E-state index contributed by atoms with van der Waals surface area (Å²) in [6, 6.07) is 0. The molecule has 1 rings (SSSR count). The minimum atomic E-state index is 0.296. The van der Waals surface area contributed by atoms with Crippen molar-refractivity contribution in [1.82, 2.24) is 0 Å². The van der Waals surface area contributed by atoms with Gasteiger partial charge in [-0.3, -0.25) is 0 Å². The number of halogens is 1. The van der Waals surface area contributed by atoms with Gasteiger partial charge in [-0.2, -0.15) is 0 Å². The van der Waals surface area contributed by atoms with Crippen molar-refractivity contribution in [3.8, 4) is 0 Å². The molecular weight excluding hydrogens is 158 g/mol. The van der Waals surface area contributed by atoms with Crippen molar-refractivity contribution in [1.29, 1.82) is 0 Å². The average molecular weight is 164 g/mol. The second-order valence-corrected chi connectivity index (χ2v) is 3.58. The summed E-state index contributed by atoms with van der Waals surface area (Å²) >= 11 is 6.82. The summed E-state index contributed by atoms with van der Waals surface area (Å²) in [6.07, 6.45) is 0. The maximum absolute atomic E-state index is 10.8. The van der Waals surface area contributed by atoms with Gasteiger partial charge in [-0.15, -0.1) is 4.73 Å². The van der Waals surface area contributed by atoms with Crippen LogP contribution >= 0.6 is 22.9 Å². The third-order valence-corrected chi connectivity index (χ3v) is 2.53. The first-order valence-electron chi connectivity index (χ1n) is 2.48. The zero-order valence-electron chi connectivity index (χ0n) is 5.14. The molecule has 1 heterocycles. The zero-order valence-corrected chi connectivity index (χ0v) is 6.71. The Morgan fingerprint density at radius 2 is 2.11 bits per heavy atom. The van der Waals surface area contributed by atoms with Crippen LogP contribution in [0.25, 0.3) is 0 Å². The third-order valence-electron chi connectivity index (χ3n) is 1.21. The fraction of sp³-hybridized carbons (Fsp3) is 0.400. The molecule has 0 radical (unpaired) electrons. The van der Waals surface area contributed by atoms with Gasteiger partial charge in [0.2, 0.25) is 5.69 Å². The van der Waals surface area contributed by atoms with Crippen molar-refractivity contribution in [3.63, 3.8) is 0 Å². The van der Waals surface area contributed by atoms with E-state index in [0.717, 1.165) is 9.61 Å². The quantitative estimate of drug-likeness (QED) is 0.422. The van der Waals surface area contributed by atoms with E-state index in [9.17, 15) is 5.21 Å². The molecule has 0 atom stereocenters. The molecule has 0 aliphatic carbocycles. The van der Waals surface area contributed by atoms with Gasteiger partial charge in [0.1, 0.15) is 0 Å². The second kappa shape index (κ2) is 2.15. The minimum absolute atomic E-state index is 0.296. The molecule has 9 heavy (non-hydrogen) atoms. The van der Waals surface area contributed by atoms with E-state index >= 15 is 0 Å². The molecule has 1 aromatic heterocycles.